The van der Waals surface area contributed by atoms with Crippen LogP contribution in [0.4, 0.5) is 0 Å². The third-order valence-electron chi connectivity index (χ3n) is 6.17. The van der Waals surface area contributed by atoms with Crippen molar-refractivity contribution < 1.29 is 9.53 Å². The molecule has 124 valence electrons. The Bertz CT molecular complexity index is 584. The summed E-state index contributed by atoms with van der Waals surface area (Å²) >= 11 is 2.34. The van der Waals surface area contributed by atoms with Gasteiger partial charge in [0.1, 0.15) is 6.10 Å². The van der Waals surface area contributed by atoms with Crippen LogP contribution >= 0.6 is 22.6 Å². The van der Waals surface area contributed by atoms with Crippen LogP contribution in [0.25, 0.3) is 0 Å². The summed E-state index contributed by atoms with van der Waals surface area (Å²) in [6, 6.07) is 9.71. The standard InChI is InChI=1S/C19H24INO2/c1-21-14-9-10-17(21)18(19(22)23-15-3-2-4-15)16(11-14)12-5-7-13(20)8-6-12/h5-8,14-18H,2-4,9-11H2,1H3. The van der Waals surface area contributed by atoms with Crippen molar-refractivity contribution in [3.63, 3.8) is 0 Å². The molecule has 0 radical (unpaired) electrons. The number of nitrogens with zero attached hydrogens (tertiary/aromatic N) is 1. The van der Waals surface area contributed by atoms with Gasteiger partial charge in [0, 0.05) is 21.6 Å². The number of carbonyl (C=O) groups excluding carboxylic acids is 1. The number of ether oxygens (including phenoxy) is 1. The molecule has 3 aliphatic rings. The van der Waals surface area contributed by atoms with Gasteiger partial charge in [0.05, 0.1) is 5.92 Å². The monoisotopic (exact) mass is 425 g/mol. The molecule has 2 aliphatic heterocycles. The van der Waals surface area contributed by atoms with Crippen molar-refractivity contribution >= 4 is 28.6 Å². The van der Waals surface area contributed by atoms with Gasteiger partial charge in [0.25, 0.3) is 0 Å². The van der Waals surface area contributed by atoms with Crippen molar-refractivity contribution in [2.45, 2.75) is 62.6 Å². The van der Waals surface area contributed by atoms with Gasteiger partial charge in [-0.05, 0) is 85.9 Å². The van der Waals surface area contributed by atoms with Crippen molar-refractivity contribution in [1.82, 2.24) is 4.90 Å². The summed E-state index contributed by atoms with van der Waals surface area (Å²) in [5.74, 6) is 0.364. The first-order valence-corrected chi connectivity index (χ1v) is 9.89. The molecule has 1 saturated carbocycles. The van der Waals surface area contributed by atoms with E-state index in [4.69, 9.17) is 4.74 Å². The second kappa shape index (κ2) is 6.36. The highest BCUT2D eigenvalue weighted by Crippen LogP contribution is 2.47. The lowest BCUT2D eigenvalue weighted by Gasteiger charge is -2.42. The topological polar surface area (TPSA) is 29.5 Å². The van der Waals surface area contributed by atoms with Crippen LogP contribution < -0.4 is 0 Å². The van der Waals surface area contributed by atoms with Crippen LogP contribution in [0.3, 0.4) is 0 Å². The van der Waals surface area contributed by atoms with Crippen LogP contribution in [0, 0.1) is 9.49 Å². The Morgan fingerprint density at radius 2 is 1.91 bits per heavy atom. The van der Waals surface area contributed by atoms with Gasteiger partial charge in [0.2, 0.25) is 0 Å². The lowest BCUT2D eigenvalue weighted by Crippen LogP contribution is -2.49. The maximum absolute atomic E-state index is 12.9. The first-order valence-electron chi connectivity index (χ1n) is 8.81. The molecule has 0 aromatic heterocycles. The summed E-state index contributed by atoms with van der Waals surface area (Å²) in [7, 11) is 2.19. The van der Waals surface area contributed by atoms with Crippen LogP contribution in [0.15, 0.2) is 24.3 Å². The van der Waals surface area contributed by atoms with Crippen molar-refractivity contribution in [3.05, 3.63) is 33.4 Å². The number of piperidine rings is 1. The molecule has 1 aliphatic carbocycles. The number of carbonyl (C=O) groups is 1. The Morgan fingerprint density at radius 1 is 1.17 bits per heavy atom. The van der Waals surface area contributed by atoms with E-state index in [1.165, 1.54) is 22.0 Å². The number of hydrogen-bond donors (Lipinski definition) is 0. The van der Waals surface area contributed by atoms with Crippen molar-refractivity contribution in [3.8, 4) is 0 Å². The molecule has 0 N–H and O–H groups in total. The van der Waals surface area contributed by atoms with Gasteiger partial charge < -0.3 is 4.74 Å². The van der Waals surface area contributed by atoms with Gasteiger partial charge in [-0.15, -0.1) is 0 Å². The quantitative estimate of drug-likeness (QED) is 0.543. The molecule has 1 aromatic rings. The lowest BCUT2D eigenvalue weighted by molar-refractivity contribution is -0.162. The zero-order valence-electron chi connectivity index (χ0n) is 13.6. The fourth-order valence-corrected chi connectivity index (χ4v) is 4.93. The van der Waals surface area contributed by atoms with Crippen LogP contribution in [0.2, 0.25) is 0 Å². The Balaban J connectivity index is 1.61. The SMILES string of the molecule is CN1C2CCC1C(C(=O)OC1CCC1)C(c1ccc(I)cc1)C2. The molecule has 4 atom stereocenters. The molecule has 4 heteroatoms. The van der Waals surface area contributed by atoms with Crippen molar-refractivity contribution in [2.24, 2.45) is 5.92 Å². The minimum atomic E-state index is -0.000545. The summed E-state index contributed by atoms with van der Waals surface area (Å²) in [6.07, 6.45) is 6.92. The summed E-state index contributed by atoms with van der Waals surface area (Å²) < 4.78 is 7.08. The average Bonchev–Trinajstić information content (AvgIpc) is 2.74. The van der Waals surface area contributed by atoms with Crippen LogP contribution in [0.5, 0.6) is 0 Å². The Kier molecular flexibility index (Phi) is 4.39. The zero-order chi connectivity index (χ0) is 16.0. The summed E-state index contributed by atoms with van der Waals surface area (Å²) in [4.78, 5) is 15.4. The van der Waals surface area contributed by atoms with Gasteiger partial charge in [-0.3, -0.25) is 9.69 Å². The largest absolute Gasteiger partial charge is 0.462 e. The van der Waals surface area contributed by atoms with E-state index in [0.717, 1.165) is 25.7 Å². The zero-order valence-corrected chi connectivity index (χ0v) is 15.7. The molecular weight excluding hydrogens is 401 g/mol. The molecule has 2 saturated heterocycles. The normalized spacial score (nSPS) is 34.2. The molecule has 2 heterocycles. The Morgan fingerprint density at radius 3 is 2.57 bits per heavy atom. The van der Waals surface area contributed by atoms with E-state index in [9.17, 15) is 4.79 Å². The lowest BCUT2D eigenvalue weighted by atomic mass is 9.76. The Labute approximate surface area is 151 Å². The molecular formula is C19H24INO2. The number of fused-ring (bicyclic) bond motifs is 2. The highest BCUT2D eigenvalue weighted by Gasteiger charge is 2.50. The van der Waals surface area contributed by atoms with Gasteiger partial charge >= 0.3 is 5.97 Å². The number of rotatable bonds is 3. The van der Waals surface area contributed by atoms with Crippen LogP contribution in [-0.4, -0.2) is 36.1 Å². The smallest absolute Gasteiger partial charge is 0.311 e. The second-order valence-electron chi connectivity index (χ2n) is 7.37. The summed E-state index contributed by atoms with van der Waals surface area (Å²) in [5.41, 5.74) is 1.31. The number of hydrogen-bond acceptors (Lipinski definition) is 3. The second-order valence-corrected chi connectivity index (χ2v) is 8.62. The van der Waals surface area contributed by atoms with E-state index in [1.807, 2.05) is 0 Å². The van der Waals surface area contributed by atoms with Gasteiger partial charge in [-0.2, -0.15) is 0 Å². The fraction of sp³-hybridized carbons (Fsp3) is 0.632. The molecule has 4 unspecified atom stereocenters. The van der Waals surface area contributed by atoms with E-state index in [0.29, 0.717) is 18.0 Å². The van der Waals surface area contributed by atoms with Crippen molar-refractivity contribution in [2.75, 3.05) is 7.05 Å². The minimum Gasteiger partial charge on any atom is -0.462 e. The first-order chi connectivity index (χ1) is 11.1. The predicted octanol–water partition coefficient (Wildman–Crippen LogP) is 3.95. The van der Waals surface area contributed by atoms with E-state index in [2.05, 4.69) is 58.8 Å². The highest BCUT2D eigenvalue weighted by atomic mass is 127. The maximum atomic E-state index is 12.9. The first kappa shape index (κ1) is 15.9. The average molecular weight is 425 g/mol. The Hall–Kier alpha value is -0.620. The minimum absolute atomic E-state index is 0.000545. The number of esters is 1. The summed E-state index contributed by atoms with van der Waals surface area (Å²) in [5, 5.41) is 0. The van der Waals surface area contributed by atoms with Gasteiger partial charge in [0.15, 0.2) is 0 Å². The maximum Gasteiger partial charge on any atom is 0.311 e. The van der Waals surface area contributed by atoms with Crippen molar-refractivity contribution in [1.29, 1.82) is 0 Å². The fourth-order valence-electron chi connectivity index (χ4n) is 4.57. The molecule has 3 nitrogen and oxygen atoms in total. The molecule has 2 bridgehead atoms. The third-order valence-corrected chi connectivity index (χ3v) is 6.89. The van der Waals surface area contributed by atoms with Crippen LogP contribution in [-0.2, 0) is 9.53 Å². The van der Waals surface area contributed by atoms with E-state index < -0.39 is 0 Å². The molecule has 3 fully saturated rings. The number of benzene rings is 1. The van der Waals surface area contributed by atoms with Gasteiger partial charge in [-0.1, -0.05) is 12.1 Å². The van der Waals surface area contributed by atoms with E-state index in [-0.39, 0.29) is 18.0 Å². The highest BCUT2D eigenvalue weighted by molar-refractivity contribution is 14.1. The van der Waals surface area contributed by atoms with Crippen LogP contribution in [0.1, 0.15) is 50.0 Å². The third kappa shape index (κ3) is 2.93. The summed E-state index contributed by atoms with van der Waals surface area (Å²) in [6.45, 7) is 0. The molecule has 0 spiro atoms. The molecule has 0 amide bonds. The van der Waals surface area contributed by atoms with Gasteiger partial charge in [-0.25, -0.2) is 0 Å². The molecule has 23 heavy (non-hydrogen) atoms. The van der Waals surface area contributed by atoms with E-state index >= 15 is 0 Å². The van der Waals surface area contributed by atoms with E-state index in [1.54, 1.807) is 0 Å². The molecule has 1 aromatic carbocycles. The number of halogens is 1. The molecule has 4 rings (SSSR count). The predicted molar refractivity (Wildman–Crippen MR) is 98.3 cm³/mol.